The van der Waals surface area contributed by atoms with E-state index in [1.54, 1.807) is 29.1 Å². The van der Waals surface area contributed by atoms with E-state index in [1.165, 1.54) is 11.9 Å². The van der Waals surface area contributed by atoms with Gasteiger partial charge in [0.15, 0.2) is 23.2 Å². The Morgan fingerprint density at radius 3 is 2.59 bits per heavy atom. The van der Waals surface area contributed by atoms with Gasteiger partial charge >= 0.3 is 6.09 Å². The summed E-state index contributed by atoms with van der Waals surface area (Å²) in [4.78, 5) is 76.8. The molecule has 20 heteroatoms. The highest BCUT2D eigenvalue weighted by molar-refractivity contribution is 6.25. The number of aliphatic hydroxyl groups is 2. The molecule has 1 saturated carbocycles. The summed E-state index contributed by atoms with van der Waals surface area (Å²) in [6.07, 6.45) is 4.71. The monoisotopic (exact) mass is 975 g/mol. The number of aromatic nitrogens is 6. The lowest BCUT2D eigenvalue weighted by Crippen LogP contribution is -2.52. The number of aryl methyl sites for hydroxylation is 1. The van der Waals surface area contributed by atoms with E-state index in [2.05, 4.69) is 105 Å². The van der Waals surface area contributed by atoms with E-state index in [0.717, 1.165) is 47.4 Å². The number of hydrogen-bond acceptors (Lipinski definition) is 15. The number of nitrogens with zero attached hydrogens (tertiary/aromatic N) is 7. The lowest BCUT2D eigenvalue weighted by Gasteiger charge is -2.46. The highest BCUT2D eigenvalue weighted by atomic mass is 16.6. The molecule has 4 aliphatic rings. The van der Waals surface area contributed by atoms with Crippen LogP contribution in [0.25, 0.3) is 22.2 Å². The van der Waals surface area contributed by atoms with E-state index in [0.29, 0.717) is 85.6 Å². The van der Waals surface area contributed by atoms with Crippen LogP contribution in [0.5, 0.6) is 0 Å². The van der Waals surface area contributed by atoms with E-state index < -0.39 is 54.4 Å². The zero-order valence-electron chi connectivity index (χ0n) is 41.1. The minimum Gasteiger partial charge on any atom is -0.448 e. The number of carbonyl (C=O) groups excluding carboxylic acids is 4. The summed E-state index contributed by atoms with van der Waals surface area (Å²) in [6.45, 7) is 16.3. The molecule has 4 amide bonds. The highest BCUT2D eigenvalue weighted by Crippen LogP contribution is 2.39. The SMILES string of the molecule is C=C1CCC(N2C(=O)c3cccc(NCCOC(=O)NCCCCNc4ncnc5c4ncn5[C@@H]4O[C@H](CN(C(C)C)C5CC(CCc6nc7ccc(C(C)(C)C)cc7[nH]6)C5)C(O)[C@@H]4O)c3C2=O)C(=O)N1. The Kier molecular flexibility index (Phi) is 14.4. The number of allylic oxidation sites excluding steroid dienone is 1. The van der Waals surface area contributed by atoms with Crippen LogP contribution in [0.1, 0.15) is 118 Å². The normalized spacial score (nSPS) is 23.5. The Labute approximate surface area is 412 Å². The standard InChI is InChI=1S/C51H66N12O8/c1-28(2)61(32-22-30(23-32)13-17-39-59-34-15-14-31(51(4,5)6)24-36(34)60-39)25-38-42(64)43(65)49(71-38)62-27-57-41-44(55-26-56-45(41)62)53-18-7-8-19-54-50(69)70-21-20-52-35-11-9-10-33-40(35)48(68)63(47(33)67)37-16-12-29(3)58-46(37)66/h9-11,14-15,24,26-28,30,32,37-38,42-43,49,52,64-65H,3,7-8,12-13,16-23,25H2,1-2,4-6H3,(H,54,69)(H,58,66)(H,59,60)(H,53,55,56)/t30?,32?,37?,38-,42?,43+,49-/m1/s1. The number of carbonyl (C=O) groups is 4. The number of fused-ring (bicyclic) bond motifs is 3. The van der Waals surface area contributed by atoms with E-state index >= 15 is 0 Å². The fourth-order valence-electron chi connectivity index (χ4n) is 10.2. The number of nitrogens with one attached hydrogen (secondary N) is 5. The fraction of sp³-hybridized carbons (Fsp3) is 0.529. The van der Waals surface area contributed by atoms with Crippen molar-refractivity contribution in [3.05, 3.63) is 83.8 Å². The first-order chi connectivity index (χ1) is 34.0. The largest absolute Gasteiger partial charge is 0.448 e. The van der Waals surface area contributed by atoms with Gasteiger partial charge in [-0.15, -0.1) is 0 Å². The van der Waals surface area contributed by atoms with Gasteiger partial charge in [-0.2, -0.15) is 0 Å². The van der Waals surface area contributed by atoms with Crippen molar-refractivity contribution in [2.24, 2.45) is 5.92 Å². The molecule has 378 valence electrons. The van der Waals surface area contributed by atoms with Crippen LogP contribution in [0.15, 0.2) is 61.3 Å². The van der Waals surface area contributed by atoms with Gasteiger partial charge < -0.3 is 45.9 Å². The Hall–Kier alpha value is -6.48. The molecule has 2 unspecified atom stereocenters. The molecule has 0 radical (unpaired) electrons. The van der Waals surface area contributed by atoms with Crippen LogP contribution < -0.4 is 21.3 Å². The lowest BCUT2D eigenvalue weighted by molar-refractivity contribution is -0.125. The summed E-state index contributed by atoms with van der Waals surface area (Å²) in [5.74, 6) is 0.601. The minimum atomic E-state index is -1.20. The predicted molar refractivity (Wildman–Crippen MR) is 266 cm³/mol. The number of anilines is 2. The maximum atomic E-state index is 13.4. The maximum Gasteiger partial charge on any atom is 0.407 e. The number of H-pyrrole nitrogens is 1. The molecule has 6 heterocycles. The molecule has 2 aromatic carbocycles. The Morgan fingerprint density at radius 2 is 1.82 bits per heavy atom. The second kappa shape index (κ2) is 20.7. The number of amides is 4. The molecule has 20 nitrogen and oxygen atoms in total. The number of benzene rings is 2. The van der Waals surface area contributed by atoms with Gasteiger partial charge in [0.25, 0.3) is 11.8 Å². The van der Waals surface area contributed by atoms with Crippen LogP contribution in [0.2, 0.25) is 0 Å². The summed E-state index contributed by atoms with van der Waals surface area (Å²) >= 11 is 0. The summed E-state index contributed by atoms with van der Waals surface area (Å²) in [5, 5.41) is 34.4. The van der Waals surface area contributed by atoms with E-state index in [9.17, 15) is 29.4 Å². The van der Waals surface area contributed by atoms with Gasteiger partial charge in [-0.1, -0.05) is 39.5 Å². The van der Waals surface area contributed by atoms with Gasteiger partial charge in [0.1, 0.15) is 43.1 Å². The van der Waals surface area contributed by atoms with Gasteiger partial charge in [0.05, 0.1) is 28.5 Å². The van der Waals surface area contributed by atoms with E-state index in [-0.39, 0.29) is 35.7 Å². The molecule has 5 atom stereocenters. The Bertz CT molecular complexity index is 2800. The van der Waals surface area contributed by atoms with Crippen molar-refractivity contribution in [3.8, 4) is 0 Å². The summed E-state index contributed by atoms with van der Waals surface area (Å²) in [7, 11) is 0. The van der Waals surface area contributed by atoms with E-state index in [1.807, 2.05) is 0 Å². The number of piperidine rings is 1. The number of aromatic amines is 1. The zero-order chi connectivity index (χ0) is 50.1. The number of imide groups is 1. The van der Waals surface area contributed by atoms with Crippen LogP contribution >= 0.6 is 0 Å². The molecule has 7 N–H and O–H groups in total. The van der Waals surface area contributed by atoms with Crippen molar-refractivity contribution in [2.75, 3.05) is 43.4 Å². The first-order valence-corrected chi connectivity index (χ1v) is 24.9. The van der Waals surface area contributed by atoms with Crippen LogP contribution in [0.3, 0.4) is 0 Å². The molecule has 71 heavy (non-hydrogen) atoms. The van der Waals surface area contributed by atoms with Crippen molar-refractivity contribution in [2.45, 2.75) is 134 Å². The van der Waals surface area contributed by atoms with Crippen molar-refractivity contribution in [1.82, 2.24) is 49.9 Å². The topological polar surface area (TPSA) is 254 Å². The molecule has 0 spiro atoms. The molecule has 1 aliphatic carbocycles. The van der Waals surface area contributed by atoms with Crippen molar-refractivity contribution >= 4 is 57.5 Å². The first-order valence-electron chi connectivity index (χ1n) is 24.9. The van der Waals surface area contributed by atoms with Crippen LogP contribution in [0, 0.1) is 5.92 Å². The molecule has 5 aromatic rings. The molecule has 3 aliphatic heterocycles. The molecular weight excluding hydrogens is 909 g/mol. The molecule has 3 fully saturated rings. The van der Waals surface area contributed by atoms with Gasteiger partial charge in [0, 0.05) is 56.1 Å². The molecule has 9 rings (SSSR count). The zero-order valence-corrected chi connectivity index (χ0v) is 41.1. The number of ether oxygens (including phenoxy) is 2. The minimum absolute atomic E-state index is 0.00224. The van der Waals surface area contributed by atoms with Crippen molar-refractivity contribution in [1.29, 1.82) is 0 Å². The van der Waals surface area contributed by atoms with Crippen LogP contribution in [-0.2, 0) is 26.1 Å². The average Bonchev–Trinajstić information content (AvgIpc) is 4.07. The van der Waals surface area contributed by atoms with Crippen molar-refractivity contribution < 1.29 is 38.9 Å². The number of imidazole rings is 2. The molecule has 3 aromatic heterocycles. The molecule has 2 saturated heterocycles. The summed E-state index contributed by atoms with van der Waals surface area (Å²) < 4.78 is 13.4. The summed E-state index contributed by atoms with van der Waals surface area (Å²) in [5.41, 5.74) is 5.76. The van der Waals surface area contributed by atoms with E-state index in [4.69, 9.17) is 14.5 Å². The number of aliphatic hydroxyl groups excluding tert-OH is 2. The maximum absolute atomic E-state index is 13.4. The number of rotatable bonds is 19. The number of alkyl carbamates (subject to hydrolysis) is 1. The average molecular weight is 975 g/mol. The molecular formula is C51H66N12O8. The van der Waals surface area contributed by atoms with Gasteiger partial charge in [-0.05, 0) is 100.0 Å². The van der Waals surface area contributed by atoms with Gasteiger partial charge in [-0.25, -0.2) is 24.7 Å². The smallest absolute Gasteiger partial charge is 0.407 e. The number of unbranched alkanes of at least 4 members (excludes halogenated alkanes) is 1. The molecule has 0 bridgehead atoms. The first kappa shape index (κ1) is 49.5. The van der Waals surface area contributed by atoms with Crippen LogP contribution in [0.4, 0.5) is 16.3 Å². The third-order valence-corrected chi connectivity index (χ3v) is 14.3. The fourth-order valence-corrected chi connectivity index (χ4v) is 10.2. The third kappa shape index (κ3) is 10.5. The quantitative estimate of drug-likeness (QED) is 0.0417. The summed E-state index contributed by atoms with van der Waals surface area (Å²) in [6, 6.07) is 11.0. The third-order valence-electron chi connectivity index (χ3n) is 14.3. The van der Waals surface area contributed by atoms with Crippen molar-refractivity contribution in [3.63, 3.8) is 0 Å². The predicted octanol–water partition coefficient (Wildman–Crippen LogP) is 5.16. The van der Waals surface area contributed by atoms with Gasteiger partial charge in [0.2, 0.25) is 5.91 Å². The second-order valence-corrected chi connectivity index (χ2v) is 20.6. The lowest BCUT2D eigenvalue weighted by atomic mass is 9.76. The van der Waals surface area contributed by atoms with Gasteiger partial charge in [-0.3, -0.25) is 28.8 Å². The Morgan fingerprint density at radius 1 is 1.01 bits per heavy atom. The Balaban J connectivity index is 0.689. The van der Waals surface area contributed by atoms with Crippen LogP contribution in [-0.4, -0.2) is 143 Å². The second-order valence-electron chi connectivity index (χ2n) is 20.6. The number of hydrogen-bond donors (Lipinski definition) is 7. The highest BCUT2D eigenvalue weighted by Gasteiger charge is 2.47.